The molecule has 0 spiro atoms. The summed E-state index contributed by atoms with van der Waals surface area (Å²) in [5, 5.41) is 12.4. The van der Waals surface area contributed by atoms with Gasteiger partial charge in [-0.25, -0.2) is 4.98 Å². The second kappa shape index (κ2) is 8.90. The first-order valence-electron chi connectivity index (χ1n) is 10.0. The topological polar surface area (TPSA) is 88.7 Å². The zero-order chi connectivity index (χ0) is 22.9. The Kier molecular flexibility index (Phi) is 5.80. The maximum absolute atomic E-state index is 11.5. The number of nitro benzene ring substituents is 1. The van der Waals surface area contributed by atoms with Crippen molar-refractivity contribution in [1.82, 2.24) is 9.55 Å². The summed E-state index contributed by atoms with van der Waals surface area (Å²) in [5.41, 5.74) is 2.93. The van der Waals surface area contributed by atoms with Gasteiger partial charge in [-0.2, -0.15) is 0 Å². The van der Waals surface area contributed by atoms with E-state index in [1.807, 2.05) is 28.8 Å². The molecule has 0 amide bonds. The van der Waals surface area contributed by atoms with Crippen LogP contribution in [-0.4, -0.2) is 21.3 Å². The molecule has 1 aliphatic heterocycles. The molecule has 5 rings (SSSR count). The Balaban J connectivity index is 1.54. The SMILES string of the molecule is O=[N+]([O-])c1cc2c(c(Cn3c(COc4ccc(Cl)cc4Cl)nc4ccccc43)c1)OCOC2. The van der Waals surface area contributed by atoms with Crippen LogP contribution >= 0.6 is 23.2 Å². The van der Waals surface area contributed by atoms with E-state index in [1.165, 1.54) is 12.1 Å². The fourth-order valence-corrected chi connectivity index (χ4v) is 4.28. The molecule has 0 fully saturated rings. The minimum absolute atomic E-state index is 0.0204. The van der Waals surface area contributed by atoms with Crippen LogP contribution in [0, 0.1) is 10.1 Å². The molecule has 0 N–H and O–H groups in total. The highest BCUT2D eigenvalue weighted by Crippen LogP contribution is 2.34. The highest BCUT2D eigenvalue weighted by molar-refractivity contribution is 6.35. The first-order valence-corrected chi connectivity index (χ1v) is 10.8. The van der Waals surface area contributed by atoms with Gasteiger partial charge >= 0.3 is 0 Å². The van der Waals surface area contributed by atoms with E-state index in [1.54, 1.807) is 18.2 Å². The molecule has 10 heteroatoms. The lowest BCUT2D eigenvalue weighted by molar-refractivity contribution is -0.385. The van der Waals surface area contributed by atoms with Crippen LogP contribution in [0.5, 0.6) is 11.5 Å². The van der Waals surface area contributed by atoms with Gasteiger partial charge in [0, 0.05) is 28.3 Å². The lowest BCUT2D eigenvalue weighted by Crippen LogP contribution is -2.16. The van der Waals surface area contributed by atoms with Crippen LogP contribution in [0.1, 0.15) is 17.0 Å². The molecule has 0 bridgehead atoms. The van der Waals surface area contributed by atoms with Crippen molar-refractivity contribution < 1.29 is 19.1 Å². The molecule has 0 saturated heterocycles. The van der Waals surface area contributed by atoms with E-state index < -0.39 is 4.92 Å². The van der Waals surface area contributed by atoms with Gasteiger partial charge in [0.1, 0.15) is 23.9 Å². The molecule has 1 aliphatic rings. The van der Waals surface area contributed by atoms with Crippen LogP contribution in [-0.2, 0) is 24.5 Å². The Hall–Kier alpha value is -3.33. The van der Waals surface area contributed by atoms with Gasteiger partial charge in [-0.3, -0.25) is 10.1 Å². The molecular formula is C23H17Cl2N3O5. The molecular weight excluding hydrogens is 469 g/mol. The molecule has 1 aromatic heterocycles. The highest BCUT2D eigenvalue weighted by Gasteiger charge is 2.23. The standard InChI is InChI=1S/C23H17Cl2N3O5/c24-16-5-6-21(18(25)9-16)32-12-22-26-19-3-1-2-4-20(19)27(22)10-14-7-17(28(29)30)8-15-11-31-13-33-23(14)15/h1-9H,10-13H2. The van der Waals surface area contributed by atoms with Crippen LogP contribution < -0.4 is 9.47 Å². The number of aromatic nitrogens is 2. The van der Waals surface area contributed by atoms with E-state index in [9.17, 15) is 10.1 Å². The van der Waals surface area contributed by atoms with Gasteiger partial charge in [-0.15, -0.1) is 0 Å². The zero-order valence-corrected chi connectivity index (χ0v) is 18.7. The Morgan fingerprint density at radius 1 is 1.15 bits per heavy atom. The maximum atomic E-state index is 11.5. The van der Waals surface area contributed by atoms with Gasteiger partial charge in [0.2, 0.25) is 0 Å². The molecule has 0 atom stereocenters. The number of non-ortho nitro benzene ring substituents is 1. The lowest BCUT2D eigenvalue weighted by atomic mass is 10.1. The number of nitrogens with zero attached hydrogens (tertiary/aromatic N) is 3. The summed E-state index contributed by atoms with van der Waals surface area (Å²) in [6.07, 6.45) is 0. The molecule has 0 saturated carbocycles. The monoisotopic (exact) mass is 485 g/mol. The molecule has 4 aromatic rings. The number of rotatable bonds is 6. The summed E-state index contributed by atoms with van der Waals surface area (Å²) in [5.74, 6) is 1.71. The van der Waals surface area contributed by atoms with Gasteiger partial charge in [0.05, 0.1) is 34.1 Å². The van der Waals surface area contributed by atoms with Gasteiger partial charge in [-0.1, -0.05) is 35.3 Å². The lowest BCUT2D eigenvalue weighted by Gasteiger charge is -2.21. The van der Waals surface area contributed by atoms with Gasteiger partial charge in [-0.05, 0) is 30.3 Å². The Morgan fingerprint density at radius 2 is 2.00 bits per heavy atom. The number of para-hydroxylation sites is 2. The second-order valence-corrected chi connectivity index (χ2v) is 8.27. The van der Waals surface area contributed by atoms with Gasteiger partial charge in [0.25, 0.3) is 5.69 Å². The molecule has 2 heterocycles. The number of ether oxygens (including phenoxy) is 3. The van der Waals surface area contributed by atoms with Crippen molar-refractivity contribution >= 4 is 39.9 Å². The normalized spacial score (nSPS) is 12.9. The summed E-state index contributed by atoms with van der Waals surface area (Å²) in [4.78, 5) is 15.8. The quantitative estimate of drug-likeness (QED) is 0.255. The van der Waals surface area contributed by atoms with E-state index in [0.29, 0.717) is 45.0 Å². The van der Waals surface area contributed by atoms with Crippen LogP contribution in [0.4, 0.5) is 5.69 Å². The van der Waals surface area contributed by atoms with E-state index in [4.69, 9.17) is 42.4 Å². The molecule has 168 valence electrons. The summed E-state index contributed by atoms with van der Waals surface area (Å²) in [7, 11) is 0. The summed E-state index contributed by atoms with van der Waals surface area (Å²) in [6.45, 7) is 0.780. The van der Waals surface area contributed by atoms with Crippen LogP contribution in [0.2, 0.25) is 10.0 Å². The number of fused-ring (bicyclic) bond motifs is 2. The van der Waals surface area contributed by atoms with Crippen LogP contribution in [0.3, 0.4) is 0 Å². The van der Waals surface area contributed by atoms with E-state index in [2.05, 4.69) is 0 Å². The smallest absolute Gasteiger partial charge is 0.270 e. The van der Waals surface area contributed by atoms with E-state index in [-0.39, 0.29) is 25.7 Å². The van der Waals surface area contributed by atoms with Crippen molar-refractivity contribution in [3.05, 3.63) is 91.7 Å². The highest BCUT2D eigenvalue weighted by atomic mass is 35.5. The largest absolute Gasteiger partial charge is 0.484 e. The first kappa shape index (κ1) is 21.5. The predicted molar refractivity (Wildman–Crippen MR) is 123 cm³/mol. The molecule has 3 aromatic carbocycles. The van der Waals surface area contributed by atoms with Crippen molar-refractivity contribution in [2.75, 3.05) is 6.79 Å². The van der Waals surface area contributed by atoms with Gasteiger partial charge < -0.3 is 18.8 Å². The summed E-state index contributed by atoms with van der Waals surface area (Å²) in [6, 6.07) is 15.7. The van der Waals surface area contributed by atoms with Crippen molar-refractivity contribution in [3.8, 4) is 11.5 Å². The van der Waals surface area contributed by atoms with Crippen LogP contribution in [0.15, 0.2) is 54.6 Å². The van der Waals surface area contributed by atoms with Crippen molar-refractivity contribution in [1.29, 1.82) is 0 Å². The Morgan fingerprint density at radius 3 is 2.82 bits per heavy atom. The number of hydrogen-bond acceptors (Lipinski definition) is 6. The maximum Gasteiger partial charge on any atom is 0.270 e. The minimum atomic E-state index is -0.420. The van der Waals surface area contributed by atoms with E-state index in [0.717, 1.165) is 11.0 Å². The van der Waals surface area contributed by atoms with Crippen molar-refractivity contribution in [3.63, 3.8) is 0 Å². The molecule has 33 heavy (non-hydrogen) atoms. The number of nitro groups is 1. The van der Waals surface area contributed by atoms with Crippen molar-refractivity contribution in [2.24, 2.45) is 0 Å². The Labute approximate surface area is 198 Å². The fourth-order valence-electron chi connectivity index (χ4n) is 3.82. The molecule has 0 unspecified atom stereocenters. The Bertz CT molecular complexity index is 1370. The molecule has 8 nitrogen and oxygen atoms in total. The number of hydrogen-bond donors (Lipinski definition) is 0. The molecule has 0 aliphatic carbocycles. The summed E-state index contributed by atoms with van der Waals surface area (Å²) < 4.78 is 18.9. The third kappa shape index (κ3) is 4.32. The number of imidazole rings is 1. The zero-order valence-electron chi connectivity index (χ0n) is 17.2. The average Bonchev–Trinajstić information content (AvgIpc) is 3.15. The molecule has 0 radical (unpaired) electrons. The fraction of sp³-hybridized carbons (Fsp3) is 0.174. The summed E-state index contributed by atoms with van der Waals surface area (Å²) >= 11 is 12.2. The second-order valence-electron chi connectivity index (χ2n) is 7.43. The van der Waals surface area contributed by atoms with Crippen molar-refractivity contribution in [2.45, 2.75) is 19.8 Å². The third-order valence-corrected chi connectivity index (χ3v) is 5.83. The average molecular weight is 486 g/mol. The number of halogens is 2. The number of benzene rings is 3. The van der Waals surface area contributed by atoms with Crippen LogP contribution in [0.25, 0.3) is 11.0 Å². The van der Waals surface area contributed by atoms with E-state index >= 15 is 0 Å². The third-order valence-electron chi connectivity index (χ3n) is 5.30. The van der Waals surface area contributed by atoms with Gasteiger partial charge in [0.15, 0.2) is 6.79 Å². The minimum Gasteiger partial charge on any atom is -0.484 e. The first-order chi connectivity index (χ1) is 16.0. The predicted octanol–water partition coefficient (Wildman–Crippen LogP) is 5.75.